The van der Waals surface area contributed by atoms with Crippen LogP contribution in [-0.4, -0.2) is 36.5 Å². The van der Waals surface area contributed by atoms with Crippen LogP contribution in [0.2, 0.25) is 0 Å². The predicted molar refractivity (Wildman–Crippen MR) is 139 cm³/mol. The van der Waals surface area contributed by atoms with Crippen molar-refractivity contribution >= 4 is 21.0 Å². The molecule has 1 aliphatic heterocycles. The molecule has 1 aliphatic carbocycles. The Hall–Kier alpha value is -2.50. The lowest BCUT2D eigenvalue weighted by atomic mass is 10.1. The van der Waals surface area contributed by atoms with Crippen LogP contribution in [0.15, 0.2) is 93.5 Å². The molecule has 5 rings (SSSR count). The number of alkyl halides is 2. The van der Waals surface area contributed by atoms with Gasteiger partial charge < -0.3 is 14.2 Å². The summed E-state index contributed by atoms with van der Waals surface area (Å²) in [4.78, 5) is 2.99. The van der Waals surface area contributed by atoms with E-state index in [1.807, 2.05) is 55.5 Å². The van der Waals surface area contributed by atoms with E-state index in [2.05, 4.69) is 6.07 Å². The van der Waals surface area contributed by atoms with Gasteiger partial charge in [-0.1, -0.05) is 30.3 Å². The fourth-order valence-electron chi connectivity index (χ4n) is 4.91. The number of ether oxygens (including phenoxy) is 3. The smallest absolute Gasteiger partial charge is 0.405 e. The van der Waals surface area contributed by atoms with Gasteiger partial charge in [-0.25, -0.2) is 0 Å². The van der Waals surface area contributed by atoms with E-state index in [0.29, 0.717) is 0 Å². The highest BCUT2D eigenvalue weighted by atomic mass is 32.2. The number of benzene rings is 3. The van der Waals surface area contributed by atoms with Crippen molar-refractivity contribution in [2.24, 2.45) is 0 Å². The quantitative estimate of drug-likeness (QED) is 0.261. The molecule has 1 heterocycles. The molecule has 1 N–H and O–H groups in total. The van der Waals surface area contributed by atoms with Crippen molar-refractivity contribution in [1.29, 1.82) is 0 Å². The molecule has 4 atom stereocenters. The van der Waals surface area contributed by atoms with Crippen molar-refractivity contribution in [3.8, 4) is 5.75 Å². The first-order chi connectivity index (χ1) is 18.0. The summed E-state index contributed by atoms with van der Waals surface area (Å²) < 4.78 is 76.7. The minimum Gasteiger partial charge on any atom is -0.483 e. The fraction of sp³-hybridized carbons (Fsp3) is 0.357. The SMILES string of the molecule is CC(Oc1ccc([S+](c2ccccc2)c2cccc(C3(C)OC4CCCC4O3)c2)cc1)C(F)(F)S(=O)(=O)O. The molecular formula is C28H29F2O6S2+. The summed E-state index contributed by atoms with van der Waals surface area (Å²) in [5.41, 5.74) is 0.930. The zero-order valence-electron chi connectivity index (χ0n) is 20.9. The Morgan fingerprint density at radius 1 is 0.947 bits per heavy atom. The maximum Gasteiger partial charge on any atom is 0.405 e. The number of fused-ring (bicyclic) bond motifs is 1. The molecule has 2 aliphatic rings. The third kappa shape index (κ3) is 5.20. The molecule has 0 radical (unpaired) electrons. The highest BCUT2D eigenvalue weighted by molar-refractivity contribution is 7.97. The molecular weight excluding hydrogens is 534 g/mol. The Morgan fingerprint density at radius 3 is 2.13 bits per heavy atom. The van der Waals surface area contributed by atoms with E-state index in [0.717, 1.165) is 46.4 Å². The first-order valence-electron chi connectivity index (χ1n) is 12.3. The van der Waals surface area contributed by atoms with E-state index in [9.17, 15) is 17.2 Å². The van der Waals surface area contributed by atoms with Crippen LogP contribution in [0.5, 0.6) is 5.75 Å². The second-order valence-electron chi connectivity index (χ2n) is 9.60. The van der Waals surface area contributed by atoms with Gasteiger partial charge in [0, 0.05) is 11.6 Å². The normalized spacial score (nSPS) is 25.1. The monoisotopic (exact) mass is 563 g/mol. The molecule has 2 fully saturated rings. The molecule has 3 aromatic rings. The van der Waals surface area contributed by atoms with Crippen molar-refractivity contribution in [3.05, 3.63) is 84.4 Å². The summed E-state index contributed by atoms with van der Waals surface area (Å²) >= 11 is 0. The summed E-state index contributed by atoms with van der Waals surface area (Å²) in [5, 5.41) is -4.45. The first-order valence-corrected chi connectivity index (χ1v) is 15.0. The highest BCUT2D eigenvalue weighted by Crippen LogP contribution is 2.44. The predicted octanol–water partition coefficient (Wildman–Crippen LogP) is 6.17. The van der Waals surface area contributed by atoms with Crippen LogP contribution in [0.3, 0.4) is 0 Å². The van der Waals surface area contributed by atoms with Gasteiger partial charge in [-0.05, 0) is 75.6 Å². The Labute approximate surface area is 224 Å². The molecule has 0 spiro atoms. The zero-order chi connectivity index (χ0) is 27.1. The summed E-state index contributed by atoms with van der Waals surface area (Å²) in [5.74, 6) is -0.773. The average molecular weight is 564 g/mol. The Kier molecular flexibility index (Phi) is 7.30. The van der Waals surface area contributed by atoms with Crippen LogP contribution in [0, 0.1) is 0 Å². The van der Waals surface area contributed by atoms with Crippen LogP contribution < -0.4 is 4.74 Å². The summed E-state index contributed by atoms with van der Waals surface area (Å²) in [7, 11) is -6.17. The maximum atomic E-state index is 13.9. The number of hydrogen-bond donors (Lipinski definition) is 1. The molecule has 0 aromatic heterocycles. The van der Waals surface area contributed by atoms with Gasteiger partial charge in [0.05, 0.1) is 23.1 Å². The lowest BCUT2D eigenvalue weighted by Crippen LogP contribution is -2.42. The van der Waals surface area contributed by atoms with Crippen molar-refractivity contribution in [3.63, 3.8) is 0 Å². The van der Waals surface area contributed by atoms with Gasteiger partial charge in [-0.3, -0.25) is 4.55 Å². The van der Waals surface area contributed by atoms with E-state index in [4.69, 9.17) is 18.8 Å². The summed E-state index contributed by atoms with van der Waals surface area (Å²) in [6.07, 6.45) is 1.24. The fourth-order valence-corrected chi connectivity index (χ4v) is 7.49. The van der Waals surface area contributed by atoms with Gasteiger partial charge in [0.1, 0.15) is 5.75 Å². The Morgan fingerprint density at radius 2 is 1.53 bits per heavy atom. The molecule has 0 bridgehead atoms. The maximum absolute atomic E-state index is 13.9. The molecule has 4 unspecified atom stereocenters. The second-order valence-corrected chi connectivity index (χ2v) is 13.1. The van der Waals surface area contributed by atoms with Gasteiger partial charge >= 0.3 is 15.4 Å². The van der Waals surface area contributed by atoms with Gasteiger partial charge in [0.15, 0.2) is 26.6 Å². The van der Waals surface area contributed by atoms with Gasteiger partial charge in [0.25, 0.3) is 0 Å². The number of hydrogen-bond acceptors (Lipinski definition) is 5. The molecule has 6 nitrogen and oxygen atoms in total. The van der Waals surface area contributed by atoms with Crippen LogP contribution >= 0.6 is 0 Å². The molecule has 1 saturated heterocycles. The van der Waals surface area contributed by atoms with Crippen molar-refractivity contribution in [2.45, 2.75) is 77.1 Å². The van der Waals surface area contributed by atoms with Gasteiger partial charge in [-0.15, -0.1) is 0 Å². The van der Waals surface area contributed by atoms with Crippen LogP contribution in [0.25, 0.3) is 0 Å². The van der Waals surface area contributed by atoms with E-state index >= 15 is 0 Å². The lowest BCUT2D eigenvalue weighted by Gasteiger charge is -2.25. The van der Waals surface area contributed by atoms with Crippen LogP contribution in [0.4, 0.5) is 8.78 Å². The molecule has 0 amide bonds. The third-order valence-electron chi connectivity index (χ3n) is 6.91. The van der Waals surface area contributed by atoms with Crippen LogP contribution in [0.1, 0.15) is 38.7 Å². The first kappa shape index (κ1) is 27.1. The van der Waals surface area contributed by atoms with E-state index in [-0.39, 0.29) is 18.0 Å². The minimum absolute atomic E-state index is 0.0572. The van der Waals surface area contributed by atoms with E-state index in [1.165, 1.54) is 12.1 Å². The Bertz CT molecular complexity index is 1370. The average Bonchev–Trinajstić information content (AvgIpc) is 3.45. The standard InChI is InChI=1S/C28H28F2O6S2/c1-19(28(29,30)38(31,32)33)34-21-14-16-23(17-15-21)37(22-9-4-3-5-10-22)24-11-6-8-20(18-24)27(2)35-25-12-7-13-26(25)36-27/h3-6,8-11,14-19,25-26H,7,12-13H2,1-2H3/p+1. The van der Waals surface area contributed by atoms with Gasteiger partial charge in [0.2, 0.25) is 0 Å². The van der Waals surface area contributed by atoms with Crippen molar-refractivity contribution < 1.29 is 36.0 Å². The minimum atomic E-state index is -5.61. The molecule has 10 heteroatoms. The summed E-state index contributed by atoms with van der Waals surface area (Å²) in [6.45, 7) is 2.85. The molecule has 38 heavy (non-hydrogen) atoms. The topological polar surface area (TPSA) is 82.1 Å². The third-order valence-corrected chi connectivity index (χ3v) is 10.1. The molecule has 3 aromatic carbocycles. The second kappa shape index (κ2) is 10.2. The highest BCUT2D eigenvalue weighted by Gasteiger charge is 2.51. The number of halogens is 2. The van der Waals surface area contributed by atoms with Gasteiger partial charge in [-0.2, -0.15) is 17.2 Å². The van der Waals surface area contributed by atoms with Crippen molar-refractivity contribution in [2.75, 3.05) is 0 Å². The molecule has 1 saturated carbocycles. The van der Waals surface area contributed by atoms with E-state index in [1.54, 1.807) is 12.1 Å². The zero-order valence-corrected chi connectivity index (χ0v) is 22.6. The lowest BCUT2D eigenvalue weighted by molar-refractivity contribution is -0.174. The summed E-state index contributed by atoms with van der Waals surface area (Å²) in [6, 6.07) is 24.6. The van der Waals surface area contributed by atoms with Crippen LogP contribution in [-0.2, 0) is 36.3 Å². The van der Waals surface area contributed by atoms with E-state index < -0.39 is 38.2 Å². The molecule has 202 valence electrons. The number of rotatable bonds is 8. The Balaban J connectivity index is 1.45. The van der Waals surface area contributed by atoms with Crippen molar-refractivity contribution in [1.82, 2.24) is 0 Å². The largest absolute Gasteiger partial charge is 0.483 e.